The second-order valence-electron chi connectivity index (χ2n) is 5.12. The molecule has 2 aliphatic rings. The molecule has 0 saturated heterocycles. The third-order valence-electron chi connectivity index (χ3n) is 3.75. The zero-order valence-corrected chi connectivity index (χ0v) is 9.28. The maximum Gasteiger partial charge on any atom is 0.0558 e. The lowest BCUT2D eigenvalue weighted by Crippen LogP contribution is -2.41. The van der Waals surface area contributed by atoms with E-state index in [0.717, 1.165) is 24.5 Å². The number of nitrogens with zero attached hydrogens (tertiary/aromatic N) is 1. The van der Waals surface area contributed by atoms with Gasteiger partial charge in [0.15, 0.2) is 0 Å². The van der Waals surface area contributed by atoms with Crippen molar-refractivity contribution in [1.29, 1.82) is 0 Å². The minimum atomic E-state index is 0.335. The summed E-state index contributed by atoms with van der Waals surface area (Å²) in [5, 5.41) is 9.07. The molecule has 2 saturated carbocycles. The predicted octanol–water partition coefficient (Wildman–Crippen LogP) is 2.02. The fraction of sp³-hybridized carbons (Fsp3) is 1.00. The topological polar surface area (TPSA) is 23.5 Å². The van der Waals surface area contributed by atoms with E-state index in [4.69, 9.17) is 5.11 Å². The zero-order chi connectivity index (χ0) is 9.97. The first-order valence-electron chi connectivity index (χ1n) is 6.18. The highest BCUT2D eigenvalue weighted by atomic mass is 16.3. The summed E-state index contributed by atoms with van der Waals surface area (Å²) in [6, 6.07) is 1.59. The van der Waals surface area contributed by atoms with Crippen LogP contribution < -0.4 is 0 Å². The molecule has 0 aromatic heterocycles. The van der Waals surface area contributed by atoms with Gasteiger partial charge in [0.1, 0.15) is 0 Å². The Kier molecular flexibility index (Phi) is 3.45. The Bertz CT molecular complexity index is 179. The molecule has 0 amide bonds. The van der Waals surface area contributed by atoms with Crippen molar-refractivity contribution in [3.63, 3.8) is 0 Å². The number of aliphatic hydroxyl groups is 1. The molecule has 82 valence electrons. The molecule has 1 N–H and O–H groups in total. The largest absolute Gasteiger partial charge is 0.395 e. The molecule has 2 rings (SSSR count). The van der Waals surface area contributed by atoms with E-state index in [1.165, 1.54) is 38.5 Å². The molecule has 2 heteroatoms. The van der Waals surface area contributed by atoms with Crippen molar-refractivity contribution in [3.8, 4) is 0 Å². The summed E-state index contributed by atoms with van der Waals surface area (Å²) >= 11 is 0. The maximum absolute atomic E-state index is 9.07. The molecule has 0 radical (unpaired) electrons. The summed E-state index contributed by atoms with van der Waals surface area (Å²) in [6.07, 6.45) is 8.25. The molecule has 0 aromatic carbocycles. The lowest BCUT2D eigenvalue weighted by atomic mass is 9.86. The molecule has 2 atom stereocenters. The molecule has 2 unspecified atom stereocenters. The van der Waals surface area contributed by atoms with Gasteiger partial charge in [0.2, 0.25) is 0 Å². The van der Waals surface area contributed by atoms with Gasteiger partial charge in [-0.3, -0.25) is 4.90 Å². The Morgan fingerprint density at radius 3 is 2.50 bits per heavy atom. The van der Waals surface area contributed by atoms with Crippen LogP contribution in [0.2, 0.25) is 0 Å². The summed E-state index contributed by atoms with van der Waals surface area (Å²) in [5.41, 5.74) is 0. The van der Waals surface area contributed by atoms with Crippen LogP contribution in [0.15, 0.2) is 0 Å². The number of hydrogen-bond acceptors (Lipinski definition) is 2. The average molecular weight is 197 g/mol. The van der Waals surface area contributed by atoms with Crippen molar-refractivity contribution in [3.05, 3.63) is 0 Å². The van der Waals surface area contributed by atoms with Crippen LogP contribution >= 0.6 is 0 Å². The highest BCUT2D eigenvalue weighted by Gasteiger charge is 2.34. The number of rotatable bonds is 4. The highest BCUT2D eigenvalue weighted by Crippen LogP contribution is 2.34. The van der Waals surface area contributed by atoms with Crippen LogP contribution in [-0.4, -0.2) is 35.2 Å². The second kappa shape index (κ2) is 4.63. The first kappa shape index (κ1) is 10.4. The van der Waals surface area contributed by atoms with Crippen molar-refractivity contribution in [1.82, 2.24) is 4.90 Å². The summed E-state index contributed by atoms with van der Waals surface area (Å²) in [5.74, 6) is 0.897. The molecule has 0 aliphatic heterocycles. The van der Waals surface area contributed by atoms with E-state index in [0.29, 0.717) is 6.61 Å². The van der Waals surface area contributed by atoms with E-state index in [1.807, 2.05) is 0 Å². The van der Waals surface area contributed by atoms with Gasteiger partial charge < -0.3 is 5.11 Å². The fourth-order valence-corrected chi connectivity index (χ4v) is 2.89. The normalized spacial score (nSPS) is 33.6. The van der Waals surface area contributed by atoms with Crippen LogP contribution in [-0.2, 0) is 0 Å². The third-order valence-corrected chi connectivity index (χ3v) is 3.75. The van der Waals surface area contributed by atoms with E-state index in [-0.39, 0.29) is 0 Å². The van der Waals surface area contributed by atoms with Crippen molar-refractivity contribution < 1.29 is 5.11 Å². The predicted molar refractivity (Wildman–Crippen MR) is 58.2 cm³/mol. The monoisotopic (exact) mass is 197 g/mol. The SMILES string of the molecule is CC1CCCC(N(CCO)C2CC2)C1. The fourth-order valence-electron chi connectivity index (χ4n) is 2.89. The van der Waals surface area contributed by atoms with E-state index < -0.39 is 0 Å². The minimum Gasteiger partial charge on any atom is -0.395 e. The molecule has 0 spiro atoms. The lowest BCUT2D eigenvalue weighted by molar-refractivity contribution is 0.102. The Balaban J connectivity index is 1.88. The molecule has 0 heterocycles. The van der Waals surface area contributed by atoms with Crippen LogP contribution in [0.5, 0.6) is 0 Å². The molecule has 0 aromatic rings. The van der Waals surface area contributed by atoms with Gasteiger partial charge in [-0.15, -0.1) is 0 Å². The van der Waals surface area contributed by atoms with Gasteiger partial charge in [-0.1, -0.05) is 19.8 Å². The standard InChI is InChI=1S/C12H23NO/c1-10-3-2-4-12(9-10)13(7-8-14)11-5-6-11/h10-12,14H,2-9H2,1H3. The first-order valence-corrected chi connectivity index (χ1v) is 6.18. The van der Waals surface area contributed by atoms with Crippen molar-refractivity contribution in [2.24, 2.45) is 5.92 Å². The molecule has 2 nitrogen and oxygen atoms in total. The molecular formula is C12H23NO. The van der Waals surface area contributed by atoms with Crippen LogP contribution in [0, 0.1) is 5.92 Å². The van der Waals surface area contributed by atoms with E-state index in [2.05, 4.69) is 11.8 Å². The highest BCUT2D eigenvalue weighted by molar-refractivity contribution is 4.90. The van der Waals surface area contributed by atoms with E-state index in [1.54, 1.807) is 0 Å². The molecule has 2 fully saturated rings. The van der Waals surface area contributed by atoms with Gasteiger partial charge in [0.25, 0.3) is 0 Å². The zero-order valence-electron chi connectivity index (χ0n) is 9.28. The van der Waals surface area contributed by atoms with Crippen LogP contribution in [0.4, 0.5) is 0 Å². The van der Waals surface area contributed by atoms with Crippen molar-refractivity contribution in [2.45, 2.75) is 57.5 Å². The Labute approximate surface area is 87.3 Å². The first-order chi connectivity index (χ1) is 6.81. The summed E-state index contributed by atoms with van der Waals surface area (Å²) in [4.78, 5) is 2.58. The van der Waals surface area contributed by atoms with Gasteiger partial charge in [0, 0.05) is 18.6 Å². The molecule has 14 heavy (non-hydrogen) atoms. The van der Waals surface area contributed by atoms with Crippen LogP contribution in [0.25, 0.3) is 0 Å². The Morgan fingerprint density at radius 1 is 1.14 bits per heavy atom. The molecule has 2 aliphatic carbocycles. The van der Waals surface area contributed by atoms with Gasteiger partial charge in [-0.25, -0.2) is 0 Å². The third kappa shape index (κ3) is 2.48. The summed E-state index contributed by atoms with van der Waals surface area (Å²) < 4.78 is 0. The van der Waals surface area contributed by atoms with Gasteiger partial charge in [-0.2, -0.15) is 0 Å². The number of aliphatic hydroxyl groups excluding tert-OH is 1. The second-order valence-corrected chi connectivity index (χ2v) is 5.12. The minimum absolute atomic E-state index is 0.335. The van der Waals surface area contributed by atoms with E-state index >= 15 is 0 Å². The van der Waals surface area contributed by atoms with E-state index in [9.17, 15) is 0 Å². The Hall–Kier alpha value is -0.0800. The average Bonchev–Trinajstić information content (AvgIpc) is 2.97. The van der Waals surface area contributed by atoms with Crippen molar-refractivity contribution in [2.75, 3.05) is 13.2 Å². The van der Waals surface area contributed by atoms with Gasteiger partial charge >= 0.3 is 0 Å². The van der Waals surface area contributed by atoms with Crippen LogP contribution in [0.1, 0.15) is 45.4 Å². The lowest BCUT2D eigenvalue weighted by Gasteiger charge is -2.36. The van der Waals surface area contributed by atoms with Crippen LogP contribution in [0.3, 0.4) is 0 Å². The summed E-state index contributed by atoms with van der Waals surface area (Å²) in [6.45, 7) is 3.61. The quantitative estimate of drug-likeness (QED) is 0.745. The van der Waals surface area contributed by atoms with Gasteiger partial charge in [-0.05, 0) is 31.6 Å². The summed E-state index contributed by atoms with van der Waals surface area (Å²) in [7, 11) is 0. The van der Waals surface area contributed by atoms with Gasteiger partial charge in [0.05, 0.1) is 6.61 Å². The smallest absolute Gasteiger partial charge is 0.0558 e. The molecular weight excluding hydrogens is 174 g/mol. The number of hydrogen-bond donors (Lipinski definition) is 1. The molecule has 0 bridgehead atoms. The van der Waals surface area contributed by atoms with Crippen molar-refractivity contribution >= 4 is 0 Å². The Morgan fingerprint density at radius 2 is 1.93 bits per heavy atom. The maximum atomic E-state index is 9.07.